The third kappa shape index (κ3) is 8.24. The molecule has 2 amide bonds. The van der Waals surface area contributed by atoms with Crippen LogP contribution in [0, 0.1) is 0 Å². The van der Waals surface area contributed by atoms with Gasteiger partial charge in [-0.25, -0.2) is 9.78 Å². The van der Waals surface area contributed by atoms with Gasteiger partial charge in [0.1, 0.15) is 12.3 Å². The van der Waals surface area contributed by atoms with Crippen LogP contribution in [0.15, 0.2) is 90.3 Å². The molecule has 232 valence electrons. The predicted octanol–water partition coefficient (Wildman–Crippen LogP) is 6.84. The van der Waals surface area contributed by atoms with E-state index in [1.54, 1.807) is 40.6 Å². The molecule has 1 aliphatic rings. The number of nitrogens with zero attached hydrogens (tertiary/aromatic N) is 2. The first kappa shape index (κ1) is 31.6. The van der Waals surface area contributed by atoms with Gasteiger partial charge in [0.05, 0.1) is 17.1 Å². The normalized spacial score (nSPS) is 14.0. The topological polar surface area (TPSA) is 88.6 Å². The molecule has 0 spiro atoms. The lowest BCUT2D eigenvalue weighted by molar-refractivity contribution is -0.138. The molecule has 45 heavy (non-hydrogen) atoms. The van der Waals surface area contributed by atoms with Crippen molar-refractivity contribution in [2.45, 2.75) is 24.9 Å². The van der Waals surface area contributed by atoms with E-state index >= 15 is 0 Å². The second kappa shape index (κ2) is 14.3. The van der Waals surface area contributed by atoms with Crippen molar-refractivity contribution in [1.82, 2.24) is 15.2 Å². The molecular weight excluding hydrogens is 603 g/mol. The molecule has 0 atom stereocenters. The van der Waals surface area contributed by atoms with Gasteiger partial charge in [-0.3, -0.25) is 9.59 Å². The number of benzene rings is 3. The Bertz CT molecular complexity index is 1660. The molecule has 0 bridgehead atoms. The fourth-order valence-corrected chi connectivity index (χ4v) is 5.99. The van der Waals surface area contributed by atoms with Gasteiger partial charge >= 0.3 is 12.1 Å². The van der Waals surface area contributed by atoms with E-state index in [9.17, 15) is 27.6 Å². The lowest BCUT2D eigenvalue weighted by Gasteiger charge is -2.31. The van der Waals surface area contributed by atoms with Crippen molar-refractivity contribution in [3.8, 4) is 11.1 Å². The minimum absolute atomic E-state index is 0.0230. The van der Waals surface area contributed by atoms with E-state index < -0.39 is 17.7 Å². The summed E-state index contributed by atoms with van der Waals surface area (Å²) in [7, 11) is 0. The fourth-order valence-electron chi connectivity index (χ4n) is 5.02. The van der Waals surface area contributed by atoms with Gasteiger partial charge in [0.2, 0.25) is 0 Å². The molecule has 0 unspecified atom stereocenters. The van der Waals surface area contributed by atoms with E-state index in [-0.39, 0.29) is 36.6 Å². The first-order valence-corrected chi connectivity index (χ1v) is 15.3. The summed E-state index contributed by atoms with van der Waals surface area (Å²) in [5, 5.41) is 5.22. The fraction of sp³-hybridized carbons (Fsp3) is 0.235. The summed E-state index contributed by atoms with van der Waals surface area (Å²) in [6.45, 7) is 1.13. The Morgan fingerprint density at radius 3 is 2.36 bits per heavy atom. The van der Waals surface area contributed by atoms with E-state index in [4.69, 9.17) is 4.74 Å². The number of halogens is 3. The molecule has 1 aliphatic heterocycles. The van der Waals surface area contributed by atoms with E-state index in [0.717, 1.165) is 22.7 Å². The second-order valence-corrected chi connectivity index (χ2v) is 11.3. The molecule has 0 saturated carbocycles. The summed E-state index contributed by atoms with van der Waals surface area (Å²) in [5.74, 6) is -0.958. The number of aromatic nitrogens is 1. The Hall–Kier alpha value is -4.77. The van der Waals surface area contributed by atoms with Crippen molar-refractivity contribution in [2.75, 3.05) is 26.2 Å². The first-order chi connectivity index (χ1) is 21.7. The number of likely N-dealkylation sites (tertiary alicyclic amines) is 1. The Morgan fingerprint density at radius 2 is 1.64 bits per heavy atom. The van der Waals surface area contributed by atoms with Gasteiger partial charge in [-0.2, -0.15) is 13.2 Å². The van der Waals surface area contributed by atoms with Crippen LogP contribution in [0.3, 0.4) is 0 Å². The van der Waals surface area contributed by atoms with Crippen LogP contribution in [0.2, 0.25) is 0 Å². The summed E-state index contributed by atoms with van der Waals surface area (Å²) in [5.41, 5.74) is 1.96. The molecule has 0 radical (unpaired) electrons. The molecule has 1 fully saturated rings. The van der Waals surface area contributed by atoms with Crippen LogP contribution in [0.4, 0.5) is 13.2 Å². The number of esters is 1. The average molecular weight is 634 g/mol. The van der Waals surface area contributed by atoms with Gasteiger partial charge in [0.15, 0.2) is 0 Å². The van der Waals surface area contributed by atoms with Gasteiger partial charge < -0.3 is 15.0 Å². The van der Waals surface area contributed by atoms with Crippen molar-refractivity contribution in [3.05, 3.63) is 118 Å². The highest BCUT2D eigenvalue weighted by Gasteiger charge is 2.31. The summed E-state index contributed by atoms with van der Waals surface area (Å²) >= 11 is 1.39. The lowest BCUT2D eigenvalue weighted by atomic mass is 9.94. The van der Waals surface area contributed by atoms with Gasteiger partial charge in [0.25, 0.3) is 11.8 Å². The van der Waals surface area contributed by atoms with Crippen molar-refractivity contribution in [2.24, 2.45) is 0 Å². The largest absolute Gasteiger partial charge is 0.461 e. The number of rotatable bonds is 9. The maximum atomic E-state index is 13.5. The SMILES string of the molecule is O=C(/C=C/c1ccccc1)OCCNC(=O)c1csc(C2CCN(C(=O)c3ccccc3-c3ccc(C(F)(F)F)cc3)CC2)n1. The van der Waals surface area contributed by atoms with Gasteiger partial charge in [-0.1, -0.05) is 60.7 Å². The summed E-state index contributed by atoms with van der Waals surface area (Å²) < 4.78 is 44.2. The molecule has 1 N–H and O–H groups in total. The zero-order valence-corrected chi connectivity index (χ0v) is 24.9. The molecule has 1 saturated heterocycles. The predicted molar refractivity (Wildman–Crippen MR) is 166 cm³/mol. The molecule has 4 aromatic rings. The number of alkyl halides is 3. The number of nitrogens with one attached hydrogen (secondary N) is 1. The molecule has 11 heteroatoms. The zero-order valence-electron chi connectivity index (χ0n) is 24.1. The Kier molecular flexibility index (Phi) is 10.1. The summed E-state index contributed by atoms with van der Waals surface area (Å²) in [6, 6.07) is 21.1. The smallest absolute Gasteiger partial charge is 0.416 e. The maximum absolute atomic E-state index is 13.5. The third-order valence-electron chi connectivity index (χ3n) is 7.41. The van der Waals surface area contributed by atoms with Crippen LogP contribution >= 0.6 is 11.3 Å². The standard InChI is InChI=1S/C34H30F3N3O4S/c35-34(36,37)26-13-11-24(12-14-26)27-8-4-5-9-28(27)33(43)40-19-16-25(17-20-40)32-39-29(22-45-32)31(42)38-18-21-44-30(41)15-10-23-6-2-1-3-7-23/h1-15,22,25H,16-21H2,(H,38,42)/b15-10+. The molecule has 7 nitrogen and oxygen atoms in total. The van der Waals surface area contributed by atoms with Crippen molar-refractivity contribution < 1.29 is 32.3 Å². The maximum Gasteiger partial charge on any atom is 0.416 e. The minimum Gasteiger partial charge on any atom is -0.461 e. The van der Waals surface area contributed by atoms with Crippen LogP contribution in [0.1, 0.15) is 55.7 Å². The van der Waals surface area contributed by atoms with Crippen molar-refractivity contribution >= 4 is 35.2 Å². The Balaban J connectivity index is 1.10. The van der Waals surface area contributed by atoms with E-state index in [2.05, 4.69) is 10.3 Å². The molecule has 5 rings (SSSR count). The number of ether oxygens (including phenoxy) is 1. The monoisotopic (exact) mass is 633 g/mol. The van der Waals surface area contributed by atoms with Crippen LogP contribution in [0.5, 0.6) is 0 Å². The van der Waals surface area contributed by atoms with Crippen LogP contribution in [0.25, 0.3) is 17.2 Å². The average Bonchev–Trinajstić information content (AvgIpc) is 3.56. The van der Waals surface area contributed by atoms with E-state index in [0.29, 0.717) is 42.6 Å². The van der Waals surface area contributed by atoms with E-state index in [1.807, 2.05) is 30.3 Å². The molecule has 3 aromatic carbocycles. The lowest BCUT2D eigenvalue weighted by Crippen LogP contribution is -2.38. The van der Waals surface area contributed by atoms with Crippen molar-refractivity contribution in [1.29, 1.82) is 0 Å². The van der Waals surface area contributed by atoms with Crippen molar-refractivity contribution in [3.63, 3.8) is 0 Å². The van der Waals surface area contributed by atoms with Crippen LogP contribution in [-0.2, 0) is 15.7 Å². The third-order valence-corrected chi connectivity index (χ3v) is 8.42. The zero-order chi connectivity index (χ0) is 31.8. The van der Waals surface area contributed by atoms with Gasteiger partial charge in [-0.15, -0.1) is 11.3 Å². The quantitative estimate of drug-likeness (QED) is 0.124. The number of carbonyl (C=O) groups excluding carboxylic acids is 3. The number of hydrogen-bond donors (Lipinski definition) is 1. The molecular formula is C34H30F3N3O4S. The number of amides is 2. The number of hydrogen-bond acceptors (Lipinski definition) is 6. The van der Waals surface area contributed by atoms with Gasteiger partial charge in [-0.05, 0) is 53.8 Å². The first-order valence-electron chi connectivity index (χ1n) is 14.4. The minimum atomic E-state index is -4.43. The Morgan fingerprint density at radius 1 is 0.956 bits per heavy atom. The summed E-state index contributed by atoms with van der Waals surface area (Å²) in [4.78, 5) is 44.2. The van der Waals surface area contributed by atoms with Gasteiger partial charge in [0, 0.05) is 36.0 Å². The molecule has 2 heterocycles. The van der Waals surface area contributed by atoms with Crippen LogP contribution in [-0.4, -0.2) is 53.9 Å². The Labute approximate surface area is 262 Å². The highest BCUT2D eigenvalue weighted by Crippen LogP contribution is 2.34. The molecule has 1 aromatic heterocycles. The highest BCUT2D eigenvalue weighted by molar-refractivity contribution is 7.09. The highest BCUT2D eigenvalue weighted by atomic mass is 32.1. The number of carbonyl (C=O) groups is 3. The van der Waals surface area contributed by atoms with Crippen LogP contribution < -0.4 is 5.32 Å². The second-order valence-electron chi connectivity index (χ2n) is 10.4. The van der Waals surface area contributed by atoms with E-state index in [1.165, 1.54) is 29.5 Å². The molecule has 0 aliphatic carbocycles. The number of piperidine rings is 1. The number of thiazole rings is 1. The summed E-state index contributed by atoms with van der Waals surface area (Å²) in [6.07, 6.45) is -0.122.